The first-order chi connectivity index (χ1) is 13.8. The summed E-state index contributed by atoms with van der Waals surface area (Å²) in [5.41, 5.74) is 0. The van der Waals surface area contributed by atoms with Crippen LogP contribution in [-0.4, -0.2) is 86.9 Å². The molecule has 0 saturated heterocycles. The van der Waals surface area contributed by atoms with Crippen molar-refractivity contribution in [2.24, 2.45) is 0 Å². The molecule has 184 valence electrons. The van der Waals surface area contributed by atoms with Crippen molar-refractivity contribution in [3.63, 3.8) is 0 Å². The summed E-state index contributed by atoms with van der Waals surface area (Å²) in [7, 11) is -5.15. The van der Waals surface area contributed by atoms with Gasteiger partial charge < -0.3 is 9.04 Å². The third kappa shape index (κ3) is 13.0. The predicted octanol–water partition coefficient (Wildman–Crippen LogP) is 4.63. The fourth-order valence-corrected chi connectivity index (χ4v) is 3.55. The third-order valence-electron chi connectivity index (χ3n) is 5.46. The van der Waals surface area contributed by atoms with E-state index < -0.39 is 59.8 Å². The van der Waals surface area contributed by atoms with Gasteiger partial charge in [0.1, 0.15) is 12.3 Å². The average Bonchev–Trinajstić information content (AvgIpc) is 2.70. The Morgan fingerprint density at radius 3 is 1.50 bits per heavy atom. The van der Waals surface area contributed by atoms with Gasteiger partial charge in [0.25, 0.3) is 0 Å². The molecule has 0 aliphatic heterocycles. The van der Waals surface area contributed by atoms with Gasteiger partial charge >= 0.3 is 0 Å². The Labute approximate surface area is 177 Å². The second-order valence-corrected chi connectivity index (χ2v) is 8.68. The molecule has 0 heterocycles. The van der Waals surface area contributed by atoms with E-state index >= 15 is 0 Å². The Hall–Kier alpha value is -0.550. The molecule has 0 bridgehead atoms. The second-order valence-electron chi connectivity index (χ2n) is 7.23. The number of quaternary nitrogens is 1. The molecule has 0 saturated carbocycles. The van der Waals surface area contributed by atoms with Crippen LogP contribution in [0.1, 0.15) is 53.4 Å². The largest absolute Gasteiger partial charge is 0.748 e. The van der Waals surface area contributed by atoms with Gasteiger partial charge in [-0.3, -0.25) is 4.39 Å². The monoisotopic (exact) mass is 473 g/mol. The lowest BCUT2D eigenvalue weighted by Crippen LogP contribution is -2.47. The lowest BCUT2D eigenvalue weighted by Gasteiger charge is -2.34. The summed E-state index contributed by atoms with van der Waals surface area (Å²) in [5.74, 6) is -1.85. The highest BCUT2D eigenvalue weighted by Crippen LogP contribution is 2.24. The Morgan fingerprint density at radius 2 is 1.17 bits per heavy atom. The first-order valence-electron chi connectivity index (χ1n) is 10.4. The highest BCUT2D eigenvalue weighted by Gasteiger charge is 2.40. The number of alkyl halides is 6. The van der Waals surface area contributed by atoms with Crippen LogP contribution in [0.5, 0.6) is 0 Å². The van der Waals surface area contributed by atoms with Crippen molar-refractivity contribution in [3.8, 4) is 0 Å². The van der Waals surface area contributed by atoms with E-state index in [9.17, 15) is 39.3 Å². The molecule has 0 aliphatic rings. The van der Waals surface area contributed by atoms with Gasteiger partial charge in [0.05, 0.1) is 48.7 Å². The van der Waals surface area contributed by atoms with E-state index in [0.29, 0.717) is 0 Å². The molecular weight excluding hydrogens is 436 g/mol. The molecular formula is C19H37F6NO3S. The summed E-state index contributed by atoms with van der Waals surface area (Å²) in [6, 6.07) is 0. The molecule has 0 radical (unpaired) electrons. The van der Waals surface area contributed by atoms with Crippen molar-refractivity contribution in [1.82, 2.24) is 0 Å². The Kier molecular flexibility index (Phi) is 17.0. The maximum Gasteiger partial charge on any atom is 0.168 e. The number of rotatable bonds is 15. The highest BCUT2D eigenvalue weighted by atomic mass is 32.2. The van der Waals surface area contributed by atoms with Crippen LogP contribution in [0.15, 0.2) is 0 Å². The topological polar surface area (TPSA) is 57.2 Å². The van der Waals surface area contributed by atoms with Crippen molar-refractivity contribution in [2.75, 3.05) is 38.6 Å². The van der Waals surface area contributed by atoms with Gasteiger partial charge in [-0.05, 0) is 40.5 Å². The number of hydrogen-bond donors (Lipinski definition) is 0. The summed E-state index contributed by atoms with van der Waals surface area (Å²) >= 11 is 0. The Bertz CT molecular complexity index is 505. The van der Waals surface area contributed by atoms with Crippen LogP contribution in [-0.2, 0) is 10.1 Å². The zero-order valence-corrected chi connectivity index (χ0v) is 19.1. The van der Waals surface area contributed by atoms with Crippen LogP contribution in [0.3, 0.4) is 0 Å². The first kappa shape index (κ1) is 31.6. The summed E-state index contributed by atoms with van der Waals surface area (Å²) in [6.07, 6.45) is -15.0. The minimum atomic E-state index is -5.15. The van der Waals surface area contributed by atoms with E-state index in [4.69, 9.17) is 0 Å². The summed E-state index contributed by atoms with van der Waals surface area (Å²) in [5, 5.41) is 0. The minimum absolute atomic E-state index is 0.0448. The van der Waals surface area contributed by atoms with Crippen LogP contribution >= 0.6 is 0 Å². The maximum atomic E-state index is 13.3. The second kappa shape index (κ2) is 16.1. The molecule has 11 heteroatoms. The van der Waals surface area contributed by atoms with Crippen molar-refractivity contribution in [1.29, 1.82) is 0 Å². The SMILES string of the molecule is CC[N+](CC)(CC)CC.O=S(=O)([O-])CC(F)C(F)C(F)C(F)C(F)CCCCCF. The summed E-state index contributed by atoms with van der Waals surface area (Å²) in [4.78, 5) is 0. The number of unbranched alkanes of at least 4 members (excludes halogenated alkanes) is 2. The van der Waals surface area contributed by atoms with Gasteiger partial charge in [-0.2, -0.15) is 0 Å². The lowest BCUT2D eigenvalue weighted by molar-refractivity contribution is -0.921. The van der Waals surface area contributed by atoms with E-state index in [1.54, 1.807) is 0 Å². The zero-order valence-electron chi connectivity index (χ0n) is 18.3. The minimum Gasteiger partial charge on any atom is -0.748 e. The van der Waals surface area contributed by atoms with Gasteiger partial charge in [-0.15, -0.1) is 0 Å². The van der Waals surface area contributed by atoms with E-state index in [-0.39, 0.29) is 19.3 Å². The van der Waals surface area contributed by atoms with Gasteiger partial charge in [0, 0.05) is 0 Å². The van der Waals surface area contributed by atoms with Crippen LogP contribution < -0.4 is 0 Å². The van der Waals surface area contributed by atoms with Crippen LogP contribution in [0.25, 0.3) is 0 Å². The van der Waals surface area contributed by atoms with E-state index in [2.05, 4.69) is 27.7 Å². The first-order valence-corrected chi connectivity index (χ1v) is 12.0. The molecule has 0 aromatic rings. The van der Waals surface area contributed by atoms with Crippen LogP contribution in [0.2, 0.25) is 0 Å². The smallest absolute Gasteiger partial charge is 0.168 e. The predicted molar refractivity (Wildman–Crippen MR) is 106 cm³/mol. The van der Waals surface area contributed by atoms with Crippen molar-refractivity contribution < 1.29 is 43.8 Å². The molecule has 5 unspecified atom stereocenters. The Balaban J connectivity index is 0. The van der Waals surface area contributed by atoms with Gasteiger partial charge in [-0.1, -0.05) is 12.8 Å². The Morgan fingerprint density at radius 1 is 0.733 bits per heavy atom. The average molecular weight is 474 g/mol. The quantitative estimate of drug-likeness (QED) is 0.151. The molecule has 0 fully saturated rings. The number of hydrogen-bond acceptors (Lipinski definition) is 3. The van der Waals surface area contributed by atoms with Crippen molar-refractivity contribution in [2.45, 2.75) is 84.2 Å². The van der Waals surface area contributed by atoms with Crippen LogP contribution in [0, 0.1) is 0 Å². The molecule has 0 rings (SSSR count). The molecule has 0 aliphatic carbocycles. The van der Waals surface area contributed by atoms with Crippen molar-refractivity contribution in [3.05, 3.63) is 0 Å². The van der Waals surface area contributed by atoms with Crippen LogP contribution in [0.4, 0.5) is 26.3 Å². The van der Waals surface area contributed by atoms with Gasteiger partial charge in [0.15, 0.2) is 18.5 Å². The molecule has 5 atom stereocenters. The van der Waals surface area contributed by atoms with Gasteiger partial charge in [0.2, 0.25) is 0 Å². The molecule has 0 amide bonds. The molecule has 0 aromatic carbocycles. The number of halogens is 6. The van der Waals surface area contributed by atoms with Crippen molar-refractivity contribution >= 4 is 10.1 Å². The summed E-state index contributed by atoms with van der Waals surface area (Å²) in [6.45, 7) is 13.6. The fourth-order valence-electron chi connectivity index (χ4n) is 2.97. The lowest BCUT2D eigenvalue weighted by atomic mass is 10.0. The fraction of sp³-hybridized carbons (Fsp3) is 1.00. The number of nitrogens with zero attached hydrogens (tertiary/aromatic N) is 1. The maximum absolute atomic E-state index is 13.3. The highest BCUT2D eigenvalue weighted by molar-refractivity contribution is 7.85. The molecule has 4 nitrogen and oxygen atoms in total. The standard InChI is InChI=1S/C11H18F6O3S.C8H20N/c12-5-3-1-2-4-7(13)9(15)11(17)10(16)8(14)6-21(18,19)20;1-5-9(6-2,7-3)8-4/h7-11H,1-6H2,(H,18,19,20);5-8H2,1-4H3/q;+1/p-1. The molecule has 0 N–H and O–H groups in total. The molecule has 0 aromatic heterocycles. The van der Waals surface area contributed by atoms with E-state index in [1.165, 1.54) is 30.7 Å². The third-order valence-corrected chi connectivity index (χ3v) is 6.19. The molecule has 30 heavy (non-hydrogen) atoms. The van der Waals surface area contributed by atoms with E-state index in [1.807, 2.05) is 0 Å². The molecule has 0 spiro atoms. The summed E-state index contributed by atoms with van der Waals surface area (Å²) < 4.78 is 110. The zero-order chi connectivity index (χ0) is 24.0. The van der Waals surface area contributed by atoms with Gasteiger partial charge in [-0.25, -0.2) is 30.4 Å². The normalized spacial score (nSPS) is 17.4. The van der Waals surface area contributed by atoms with E-state index in [0.717, 1.165) is 0 Å².